The molecule has 0 aliphatic carbocycles. The third kappa shape index (κ3) is 2.54. The molecule has 4 nitrogen and oxygen atoms in total. The van der Waals surface area contributed by atoms with Crippen LogP contribution in [0.2, 0.25) is 0 Å². The second-order valence-electron chi connectivity index (χ2n) is 6.96. The fourth-order valence-electron chi connectivity index (χ4n) is 2.96. The van der Waals surface area contributed by atoms with E-state index < -0.39 is 0 Å². The molecule has 0 unspecified atom stereocenters. The lowest BCUT2D eigenvalue weighted by atomic mass is 9.88. The van der Waals surface area contributed by atoms with Crippen molar-refractivity contribution >= 4 is 5.91 Å². The molecule has 0 saturated carbocycles. The Morgan fingerprint density at radius 1 is 1.23 bits per heavy atom. The number of aromatic nitrogens is 1. The summed E-state index contributed by atoms with van der Waals surface area (Å²) in [5, 5.41) is 4.12. The largest absolute Gasteiger partial charge is 0.361 e. The molecular formula is C18H22N2O2. The zero-order valence-electron chi connectivity index (χ0n) is 13.6. The van der Waals surface area contributed by atoms with Gasteiger partial charge >= 0.3 is 0 Å². The maximum atomic E-state index is 13.0. The zero-order chi connectivity index (χ0) is 15.9. The van der Waals surface area contributed by atoms with E-state index in [1.807, 2.05) is 38.7 Å². The third-order valence-corrected chi connectivity index (χ3v) is 4.20. The van der Waals surface area contributed by atoms with Crippen molar-refractivity contribution in [2.45, 2.75) is 46.1 Å². The van der Waals surface area contributed by atoms with Gasteiger partial charge < -0.3 is 9.42 Å². The van der Waals surface area contributed by atoms with Crippen molar-refractivity contribution in [2.24, 2.45) is 0 Å². The molecule has 0 atom stereocenters. The quantitative estimate of drug-likeness (QED) is 0.809. The number of carbonyl (C=O) groups is 1. The molecular weight excluding hydrogens is 276 g/mol. The van der Waals surface area contributed by atoms with Gasteiger partial charge in [-0.3, -0.25) is 4.79 Å². The number of nitrogens with zero attached hydrogens (tertiary/aromatic N) is 2. The Morgan fingerprint density at radius 2 is 1.91 bits per heavy atom. The summed E-state index contributed by atoms with van der Waals surface area (Å²) in [6.07, 6.45) is 0.900. The number of fused-ring (bicyclic) bond motifs is 1. The van der Waals surface area contributed by atoms with Crippen molar-refractivity contribution in [3.05, 3.63) is 52.4 Å². The van der Waals surface area contributed by atoms with Gasteiger partial charge in [0.05, 0.1) is 0 Å². The highest BCUT2D eigenvalue weighted by Gasteiger charge is 2.32. The summed E-state index contributed by atoms with van der Waals surface area (Å²) in [5.41, 5.74) is 3.73. The SMILES string of the molecule is Cc1onc(C(C)(C)C)c1C(=O)N1CCc2ccccc2C1. The Labute approximate surface area is 131 Å². The average Bonchev–Trinajstić information content (AvgIpc) is 2.88. The highest BCUT2D eigenvalue weighted by Crippen LogP contribution is 2.29. The van der Waals surface area contributed by atoms with Gasteiger partial charge in [0.15, 0.2) is 0 Å². The molecule has 1 aliphatic heterocycles. The fraction of sp³-hybridized carbons (Fsp3) is 0.444. The molecule has 0 saturated heterocycles. The van der Waals surface area contributed by atoms with Crippen LogP contribution >= 0.6 is 0 Å². The minimum Gasteiger partial charge on any atom is -0.361 e. The van der Waals surface area contributed by atoms with Crippen molar-refractivity contribution in [3.8, 4) is 0 Å². The summed E-state index contributed by atoms with van der Waals surface area (Å²) >= 11 is 0. The third-order valence-electron chi connectivity index (χ3n) is 4.20. The Morgan fingerprint density at radius 3 is 2.59 bits per heavy atom. The maximum absolute atomic E-state index is 13.0. The minimum atomic E-state index is -0.212. The number of hydrogen-bond donors (Lipinski definition) is 0. The van der Waals surface area contributed by atoms with E-state index in [0.717, 1.165) is 18.7 Å². The number of rotatable bonds is 1. The first-order valence-electron chi connectivity index (χ1n) is 7.70. The molecule has 1 aromatic heterocycles. The smallest absolute Gasteiger partial charge is 0.259 e. The molecule has 22 heavy (non-hydrogen) atoms. The molecule has 0 fully saturated rings. The Kier molecular flexibility index (Phi) is 3.55. The Bertz CT molecular complexity index is 710. The van der Waals surface area contributed by atoms with Crippen LogP contribution in [-0.4, -0.2) is 22.5 Å². The summed E-state index contributed by atoms with van der Waals surface area (Å²) in [5.74, 6) is 0.631. The van der Waals surface area contributed by atoms with E-state index in [9.17, 15) is 4.79 Å². The molecule has 2 aromatic rings. The molecule has 0 bridgehead atoms. The summed E-state index contributed by atoms with van der Waals surface area (Å²) in [6, 6.07) is 8.32. The van der Waals surface area contributed by atoms with Crippen LogP contribution in [0.4, 0.5) is 0 Å². The topological polar surface area (TPSA) is 46.3 Å². The molecule has 0 radical (unpaired) electrons. The van der Waals surface area contributed by atoms with Gasteiger partial charge in [0.25, 0.3) is 5.91 Å². The molecule has 2 heterocycles. The lowest BCUT2D eigenvalue weighted by molar-refractivity contribution is 0.0730. The lowest BCUT2D eigenvalue weighted by Gasteiger charge is -2.29. The average molecular weight is 298 g/mol. The van der Waals surface area contributed by atoms with Crippen molar-refractivity contribution in [2.75, 3.05) is 6.54 Å². The van der Waals surface area contributed by atoms with Crippen LogP contribution < -0.4 is 0 Å². The first-order valence-corrected chi connectivity index (χ1v) is 7.70. The number of amides is 1. The molecule has 1 aromatic carbocycles. The van der Waals surface area contributed by atoms with E-state index in [1.165, 1.54) is 11.1 Å². The standard InChI is InChI=1S/C18H22N2O2/c1-12-15(16(19-22-12)18(2,3)4)17(21)20-10-9-13-7-5-6-8-14(13)11-20/h5-8H,9-11H2,1-4H3. The van der Waals surface area contributed by atoms with E-state index in [0.29, 0.717) is 17.9 Å². The maximum Gasteiger partial charge on any atom is 0.259 e. The van der Waals surface area contributed by atoms with Crippen molar-refractivity contribution in [1.82, 2.24) is 10.1 Å². The summed E-state index contributed by atoms with van der Waals surface area (Å²) in [6.45, 7) is 9.35. The normalized spacial score (nSPS) is 14.8. The molecule has 0 N–H and O–H groups in total. The second-order valence-corrected chi connectivity index (χ2v) is 6.96. The van der Waals surface area contributed by atoms with E-state index in [2.05, 4.69) is 23.4 Å². The van der Waals surface area contributed by atoms with Gasteiger partial charge in [0.1, 0.15) is 17.0 Å². The first kappa shape index (κ1) is 14.8. The van der Waals surface area contributed by atoms with Crippen LogP contribution in [0.5, 0.6) is 0 Å². The number of hydrogen-bond acceptors (Lipinski definition) is 3. The lowest BCUT2D eigenvalue weighted by Crippen LogP contribution is -2.37. The van der Waals surface area contributed by atoms with Crippen molar-refractivity contribution in [3.63, 3.8) is 0 Å². The van der Waals surface area contributed by atoms with Crippen LogP contribution in [0.3, 0.4) is 0 Å². The van der Waals surface area contributed by atoms with E-state index in [1.54, 1.807) is 0 Å². The van der Waals surface area contributed by atoms with Gasteiger partial charge in [0.2, 0.25) is 0 Å². The van der Waals surface area contributed by atoms with E-state index in [4.69, 9.17) is 4.52 Å². The van der Waals surface area contributed by atoms with Gasteiger partial charge in [-0.2, -0.15) is 0 Å². The summed E-state index contributed by atoms with van der Waals surface area (Å²) in [4.78, 5) is 14.9. The van der Waals surface area contributed by atoms with Crippen LogP contribution in [-0.2, 0) is 18.4 Å². The van der Waals surface area contributed by atoms with Gasteiger partial charge in [-0.15, -0.1) is 0 Å². The van der Waals surface area contributed by atoms with E-state index >= 15 is 0 Å². The van der Waals surface area contributed by atoms with Gasteiger partial charge in [-0.25, -0.2) is 0 Å². The van der Waals surface area contributed by atoms with Crippen LogP contribution in [0.15, 0.2) is 28.8 Å². The van der Waals surface area contributed by atoms with E-state index in [-0.39, 0.29) is 11.3 Å². The zero-order valence-corrected chi connectivity index (χ0v) is 13.6. The highest BCUT2D eigenvalue weighted by atomic mass is 16.5. The molecule has 3 rings (SSSR count). The van der Waals surface area contributed by atoms with Crippen LogP contribution in [0.1, 0.15) is 53.7 Å². The fourth-order valence-corrected chi connectivity index (χ4v) is 2.96. The molecule has 1 aliphatic rings. The summed E-state index contributed by atoms with van der Waals surface area (Å²) < 4.78 is 5.31. The Hall–Kier alpha value is -2.10. The second kappa shape index (κ2) is 5.27. The van der Waals surface area contributed by atoms with Gasteiger partial charge in [-0.1, -0.05) is 50.2 Å². The predicted molar refractivity (Wildman–Crippen MR) is 84.8 cm³/mol. The van der Waals surface area contributed by atoms with Crippen molar-refractivity contribution < 1.29 is 9.32 Å². The first-order chi connectivity index (χ1) is 10.4. The number of benzene rings is 1. The molecule has 0 spiro atoms. The molecule has 4 heteroatoms. The minimum absolute atomic E-state index is 0.0261. The summed E-state index contributed by atoms with van der Waals surface area (Å²) in [7, 11) is 0. The molecule has 116 valence electrons. The number of aryl methyl sites for hydroxylation is 1. The predicted octanol–water partition coefficient (Wildman–Crippen LogP) is 3.48. The van der Waals surface area contributed by atoms with Gasteiger partial charge in [0, 0.05) is 18.5 Å². The van der Waals surface area contributed by atoms with Gasteiger partial charge in [-0.05, 0) is 24.5 Å². The monoisotopic (exact) mass is 298 g/mol. The van der Waals surface area contributed by atoms with Crippen LogP contribution in [0, 0.1) is 6.92 Å². The van der Waals surface area contributed by atoms with Crippen molar-refractivity contribution in [1.29, 1.82) is 0 Å². The highest BCUT2D eigenvalue weighted by molar-refractivity contribution is 5.96. The number of carbonyl (C=O) groups excluding carboxylic acids is 1. The molecule has 1 amide bonds. The Balaban J connectivity index is 1.92. The van der Waals surface area contributed by atoms with Crippen LogP contribution in [0.25, 0.3) is 0 Å².